The molecule has 1 aliphatic rings. The first kappa shape index (κ1) is 15.0. The van der Waals surface area contributed by atoms with E-state index in [4.69, 9.17) is 0 Å². The molecule has 0 amide bonds. The minimum Gasteiger partial charge on any atom is -0.206 e. The van der Waals surface area contributed by atoms with Crippen molar-refractivity contribution in [2.75, 3.05) is 0 Å². The predicted octanol–water partition coefficient (Wildman–Crippen LogP) is 5.20. The lowest BCUT2D eigenvalue weighted by Crippen LogP contribution is -2.12. The molecular weight excluding hydrogens is 275 g/mol. The summed E-state index contributed by atoms with van der Waals surface area (Å²) in [5.41, 5.74) is 0.442. The fourth-order valence-corrected chi connectivity index (χ4v) is 2.70. The average Bonchev–Trinajstić information content (AvgIpc) is 2.42. The van der Waals surface area contributed by atoms with Gasteiger partial charge < -0.3 is 0 Å². The van der Waals surface area contributed by atoms with Gasteiger partial charge in [0.05, 0.1) is 0 Å². The molecule has 0 aromatic heterocycles. The van der Waals surface area contributed by atoms with E-state index in [0.29, 0.717) is 31.2 Å². The Morgan fingerprint density at radius 3 is 2.00 bits per heavy atom. The first-order valence-corrected chi connectivity index (χ1v) is 6.58. The summed E-state index contributed by atoms with van der Waals surface area (Å²) < 4.78 is 63.3. The standard InChI is InChI=1S/C15H15F5/c16-12-7-11(8-13(17)15(12)20)10-4-1-9(2-5-10)3-6-14(18)19/h3,6-10,14H,1-2,4-5H2/b6-3+. The van der Waals surface area contributed by atoms with E-state index in [-0.39, 0.29) is 11.8 Å². The van der Waals surface area contributed by atoms with E-state index in [1.807, 2.05) is 0 Å². The Labute approximate surface area is 114 Å². The first-order chi connectivity index (χ1) is 9.47. The third-order valence-electron chi connectivity index (χ3n) is 3.78. The van der Waals surface area contributed by atoms with Crippen LogP contribution >= 0.6 is 0 Å². The summed E-state index contributed by atoms with van der Waals surface area (Å²) in [7, 11) is 0. The van der Waals surface area contributed by atoms with E-state index in [2.05, 4.69) is 0 Å². The molecule has 110 valence electrons. The van der Waals surface area contributed by atoms with E-state index in [9.17, 15) is 22.0 Å². The van der Waals surface area contributed by atoms with Gasteiger partial charge in [0, 0.05) is 0 Å². The van der Waals surface area contributed by atoms with Crippen molar-refractivity contribution in [3.05, 3.63) is 47.3 Å². The molecule has 0 aliphatic heterocycles. The maximum absolute atomic E-state index is 13.2. The van der Waals surface area contributed by atoms with Crippen LogP contribution in [0.15, 0.2) is 24.3 Å². The smallest absolute Gasteiger partial charge is 0.206 e. The summed E-state index contributed by atoms with van der Waals surface area (Å²) in [5.74, 6) is -3.78. The van der Waals surface area contributed by atoms with Crippen LogP contribution in [0.5, 0.6) is 0 Å². The van der Waals surface area contributed by atoms with Crippen molar-refractivity contribution >= 4 is 0 Å². The van der Waals surface area contributed by atoms with E-state index >= 15 is 0 Å². The van der Waals surface area contributed by atoms with Gasteiger partial charge in [-0.2, -0.15) is 0 Å². The van der Waals surface area contributed by atoms with E-state index in [1.54, 1.807) is 0 Å². The molecule has 1 fully saturated rings. The number of benzene rings is 1. The molecule has 20 heavy (non-hydrogen) atoms. The van der Waals surface area contributed by atoms with Gasteiger partial charge in [0.25, 0.3) is 6.43 Å². The van der Waals surface area contributed by atoms with Crippen molar-refractivity contribution in [2.24, 2.45) is 5.92 Å². The summed E-state index contributed by atoms with van der Waals surface area (Å²) in [6.07, 6.45) is 2.62. The molecule has 0 atom stereocenters. The third kappa shape index (κ3) is 3.58. The van der Waals surface area contributed by atoms with Gasteiger partial charge >= 0.3 is 0 Å². The van der Waals surface area contributed by atoms with Crippen LogP contribution in [0.2, 0.25) is 0 Å². The lowest BCUT2D eigenvalue weighted by atomic mass is 9.78. The Hall–Kier alpha value is -1.39. The van der Waals surface area contributed by atoms with Crippen molar-refractivity contribution in [3.8, 4) is 0 Å². The summed E-state index contributed by atoms with van der Waals surface area (Å²) in [5, 5.41) is 0. The lowest BCUT2D eigenvalue weighted by Gasteiger charge is -2.27. The normalized spacial score (nSPS) is 23.7. The molecule has 1 aliphatic carbocycles. The van der Waals surface area contributed by atoms with Crippen LogP contribution in [0.25, 0.3) is 0 Å². The number of hydrogen-bond acceptors (Lipinski definition) is 0. The first-order valence-electron chi connectivity index (χ1n) is 6.58. The second-order valence-corrected chi connectivity index (χ2v) is 5.13. The van der Waals surface area contributed by atoms with Crippen molar-refractivity contribution < 1.29 is 22.0 Å². The zero-order chi connectivity index (χ0) is 14.7. The Morgan fingerprint density at radius 1 is 0.950 bits per heavy atom. The summed E-state index contributed by atoms with van der Waals surface area (Å²) in [6.45, 7) is 0. The quantitative estimate of drug-likeness (QED) is 0.408. The predicted molar refractivity (Wildman–Crippen MR) is 66.2 cm³/mol. The molecule has 0 bridgehead atoms. The largest absolute Gasteiger partial charge is 0.257 e. The van der Waals surface area contributed by atoms with Gasteiger partial charge in [-0.3, -0.25) is 0 Å². The Kier molecular flexibility index (Phi) is 4.78. The molecular formula is C15H15F5. The molecule has 0 heterocycles. The number of rotatable bonds is 3. The highest BCUT2D eigenvalue weighted by Gasteiger charge is 2.23. The molecule has 1 aromatic rings. The van der Waals surface area contributed by atoms with E-state index in [0.717, 1.165) is 18.2 Å². The van der Waals surface area contributed by atoms with Gasteiger partial charge in [-0.15, -0.1) is 0 Å². The lowest BCUT2D eigenvalue weighted by molar-refractivity contribution is 0.202. The van der Waals surface area contributed by atoms with Gasteiger partial charge in [-0.1, -0.05) is 6.08 Å². The van der Waals surface area contributed by atoms with Gasteiger partial charge in [0.1, 0.15) is 0 Å². The molecule has 0 spiro atoms. The second-order valence-electron chi connectivity index (χ2n) is 5.13. The van der Waals surface area contributed by atoms with Gasteiger partial charge in [0.15, 0.2) is 17.5 Å². The molecule has 0 radical (unpaired) electrons. The maximum atomic E-state index is 13.2. The van der Waals surface area contributed by atoms with Gasteiger partial charge in [-0.25, -0.2) is 22.0 Å². The Bertz CT molecular complexity index is 464. The summed E-state index contributed by atoms with van der Waals surface area (Å²) in [4.78, 5) is 0. The SMILES string of the molecule is Fc1cc(C2CCC(/C=C/C(F)F)CC2)cc(F)c1F. The number of allylic oxidation sites excluding steroid dienone is 2. The fourth-order valence-electron chi connectivity index (χ4n) is 2.70. The molecule has 2 rings (SSSR count). The van der Waals surface area contributed by atoms with E-state index in [1.165, 1.54) is 6.08 Å². The third-order valence-corrected chi connectivity index (χ3v) is 3.78. The second kappa shape index (κ2) is 6.37. The van der Waals surface area contributed by atoms with Crippen LogP contribution in [0, 0.1) is 23.4 Å². The van der Waals surface area contributed by atoms with Crippen molar-refractivity contribution in [1.82, 2.24) is 0 Å². The van der Waals surface area contributed by atoms with Crippen molar-refractivity contribution in [2.45, 2.75) is 38.0 Å². The highest BCUT2D eigenvalue weighted by molar-refractivity contribution is 5.23. The molecule has 0 unspecified atom stereocenters. The van der Waals surface area contributed by atoms with Crippen molar-refractivity contribution in [1.29, 1.82) is 0 Å². The molecule has 0 N–H and O–H groups in total. The molecule has 0 saturated heterocycles. The highest BCUT2D eigenvalue weighted by Crippen LogP contribution is 2.37. The Morgan fingerprint density at radius 2 is 1.50 bits per heavy atom. The average molecular weight is 290 g/mol. The summed E-state index contributed by atoms with van der Waals surface area (Å²) in [6, 6.07) is 2.05. The monoisotopic (exact) mass is 290 g/mol. The minimum absolute atomic E-state index is 0.0456. The number of hydrogen-bond donors (Lipinski definition) is 0. The van der Waals surface area contributed by atoms with Crippen LogP contribution < -0.4 is 0 Å². The van der Waals surface area contributed by atoms with Crippen LogP contribution in [-0.2, 0) is 0 Å². The van der Waals surface area contributed by atoms with Gasteiger partial charge in [-0.05, 0) is 61.3 Å². The van der Waals surface area contributed by atoms with Crippen LogP contribution in [0.1, 0.15) is 37.2 Å². The maximum Gasteiger partial charge on any atom is 0.257 e. The molecule has 1 aromatic carbocycles. The minimum atomic E-state index is -2.45. The molecule has 5 heteroatoms. The Balaban J connectivity index is 2.00. The number of halogens is 5. The van der Waals surface area contributed by atoms with Crippen LogP contribution in [0.4, 0.5) is 22.0 Å². The zero-order valence-electron chi connectivity index (χ0n) is 10.8. The molecule has 0 nitrogen and oxygen atoms in total. The summed E-state index contributed by atoms with van der Waals surface area (Å²) >= 11 is 0. The van der Waals surface area contributed by atoms with Crippen molar-refractivity contribution in [3.63, 3.8) is 0 Å². The van der Waals surface area contributed by atoms with Crippen LogP contribution in [-0.4, -0.2) is 6.43 Å². The topological polar surface area (TPSA) is 0 Å². The number of alkyl halides is 2. The highest BCUT2D eigenvalue weighted by atomic mass is 19.3. The van der Waals surface area contributed by atoms with Crippen LogP contribution in [0.3, 0.4) is 0 Å². The fraction of sp³-hybridized carbons (Fsp3) is 0.467. The van der Waals surface area contributed by atoms with Gasteiger partial charge in [0.2, 0.25) is 0 Å². The zero-order valence-corrected chi connectivity index (χ0v) is 10.8. The van der Waals surface area contributed by atoms with E-state index < -0.39 is 23.9 Å². The molecule has 1 saturated carbocycles.